The Bertz CT molecular complexity index is 1520. The number of esters is 1. The van der Waals surface area contributed by atoms with E-state index in [2.05, 4.69) is 5.32 Å². The first kappa shape index (κ1) is 22.3. The van der Waals surface area contributed by atoms with E-state index in [1.54, 1.807) is 6.07 Å². The number of carbonyl (C=O) groups is 2. The molecule has 0 aliphatic heterocycles. The molecular weight excluding hydrogens is 436 g/mol. The number of ether oxygens (including phenoxy) is 1. The molecule has 1 aromatic heterocycles. The molecule has 1 N–H and O–H groups in total. The molecule has 0 saturated carbocycles. The molecule has 5 aromatic rings. The van der Waals surface area contributed by atoms with Gasteiger partial charge < -0.3 is 10.1 Å². The monoisotopic (exact) mass is 460 g/mol. The molecule has 0 radical (unpaired) electrons. The summed E-state index contributed by atoms with van der Waals surface area (Å²) in [6, 6.07) is 32.7. The zero-order chi connectivity index (χ0) is 24.2. The predicted octanol–water partition coefficient (Wildman–Crippen LogP) is 6.09. The second-order valence-corrected chi connectivity index (χ2v) is 8.37. The van der Waals surface area contributed by atoms with E-state index < -0.39 is 5.97 Å². The molecule has 0 aliphatic carbocycles. The average Bonchev–Trinajstić information content (AvgIpc) is 2.91. The van der Waals surface area contributed by atoms with Crippen molar-refractivity contribution in [3.63, 3.8) is 0 Å². The lowest BCUT2D eigenvalue weighted by atomic mass is 9.99. The van der Waals surface area contributed by atoms with Crippen LogP contribution >= 0.6 is 0 Å². The van der Waals surface area contributed by atoms with Crippen molar-refractivity contribution in [2.45, 2.75) is 13.0 Å². The summed E-state index contributed by atoms with van der Waals surface area (Å²) in [5.41, 5.74) is 3.65. The minimum atomic E-state index is -0.562. The maximum absolute atomic E-state index is 13.1. The smallest absolute Gasteiger partial charge is 0.339 e. The quantitative estimate of drug-likeness (QED) is 0.311. The Balaban J connectivity index is 1.41. The van der Waals surface area contributed by atoms with E-state index in [1.165, 1.54) is 0 Å². The molecule has 0 spiro atoms. The fourth-order valence-corrected chi connectivity index (χ4v) is 4.25. The van der Waals surface area contributed by atoms with Gasteiger partial charge in [-0.05, 0) is 35.4 Å². The number of hydrogen-bond donors (Lipinski definition) is 1. The van der Waals surface area contributed by atoms with Crippen LogP contribution in [0.3, 0.4) is 0 Å². The van der Waals surface area contributed by atoms with Crippen LogP contribution in [0, 0.1) is 0 Å². The van der Waals surface area contributed by atoms with E-state index >= 15 is 0 Å². The van der Waals surface area contributed by atoms with E-state index in [4.69, 9.17) is 9.72 Å². The van der Waals surface area contributed by atoms with Crippen molar-refractivity contribution >= 4 is 33.6 Å². The molecule has 5 nitrogen and oxygen atoms in total. The van der Waals surface area contributed by atoms with Crippen LogP contribution in [0.2, 0.25) is 0 Å². The summed E-state index contributed by atoms with van der Waals surface area (Å²) in [6.45, 7) is 1.53. The Labute approximate surface area is 203 Å². The van der Waals surface area contributed by atoms with Crippen LogP contribution in [0.5, 0.6) is 0 Å². The van der Waals surface area contributed by atoms with Crippen LogP contribution in [0.15, 0.2) is 103 Å². The van der Waals surface area contributed by atoms with Gasteiger partial charge in [0, 0.05) is 10.9 Å². The number of benzene rings is 4. The van der Waals surface area contributed by atoms with E-state index in [0.29, 0.717) is 22.2 Å². The fraction of sp³-hybridized carbons (Fsp3) is 0.100. The molecule has 0 unspecified atom stereocenters. The number of nitrogens with one attached hydrogen (secondary N) is 1. The summed E-state index contributed by atoms with van der Waals surface area (Å²) in [4.78, 5) is 30.4. The molecule has 5 rings (SSSR count). The molecule has 35 heavy (non-hydrogen) atoms. The molecule has 0 fully saturated rings. The van der Waals surface area contributed by atoms with Crippen LogP contribution in [0.25, 0.3) is 32.9 Å². The van der Waals surface area contributed by atoms with E-state index in [9.17, 15) is 9.59 Å². The normalized spacial score (nSPS) is 11.8. The highest BCUT2D eigenvalue weighted by atomic mass is 16.5. The van der Waals surface area contributed by atoms with Gasteiger partial charge >= 0.3 is 5.97 Å². The number of fused-ring (bicyclic) bond motifs is 2. The SMILES string of the molecule is C[C@@H](NC(=O)COC(=O)c1cc(-c2cccc3ccccc23)nc2ccccc12)c1ccccc1. The molecule has 1 heterocycles. The first-order valence-electron chi connectivity index (χ1n) is 11.5. The van der Waals surface area contributed by atoms with E-state index in [0.717, 1.165) is 21.9 Å². The zero-order valence-electron chi connectivity index (χ0n) is 19.3. The second-order valence-electron chi connectivity index (χ2n) is 8.37. The minimum absolute atomic E-state index is 0.192. The van der Waals surface area contributed by atoms with Crippen molar-refractivity contribution in [3.8, 4) is 11.3 Å². The van der Waals surface area contributed by atoms with Crippen LogP contribution in [-0.4, -0.2) is 23.5 Å². The third-order valence-corrected chi connectivity index (χ3v) is 6.01. The van der Waals surface area contributed by atoms with Gasteiger partial charge in [0.15, 0.2) is 6.61 Å². The third-order valence-electron chi connectivity index (χ3n) is 6.01. The highest BCUT2D eigenvalue weighted by molar-refractivity contribution is 6.06. The van der Waals surface area contributed by atoms with Crippen LogP contribution in [0.4, 0.5) is 0 Å². The molecule has 5 heteroatoms. The van der Waals surface area contributed by atoms with Crippen molar-refractivity contribution in [2.75, 3.05) is 6.61 Å². The highest BCUT2D eigenvalue weighted by Gasteiger charge is 2.18. The molecule has 4 aromatic carbocycles. The maximum Gasteiger partial charge on any atom is 0.339 e. The molecule has 0 saturated heterocycles. The van der Waals surface area contributed by atoms with E-state index in [1.807, 2.05) is 104 Å². The second kappa shape index (κ2) is 9.77. The van der Waals surface area contributed by atoms with Crippen molar-refractivity contribution in [3.05, 3.63) is 114 Å². The fourth-order valence-electron chi connectivity index (χ4n) is 4.25. The number of carbonyl (C=O) groups excluding carboxylic acids is 2. The number of hydrogen-bond acceptors (Lipinski definition) is 4. The van der Waals surface area contributed by atoms with Crippen molar-refractivity contribution < 1.29 is 14.3 Å². The first-order valence-corrected chi connectivity index (χ1v) is 11.5. The molecule has 0 aliphatic rings. The Kier molecular flexibility index (Phi) is 6.22. The minimum Gasteiger partial charge on any atom is -0.452 e. The van der Waals surface area contributed by atoms with Gasteiger partial charge in [0.05, 0.1) is 22.8 Å². The summed E-state index contributed by atoms with van der Waals surface area (Å²) >= 11 is 0. The standard InChI is InChI=1S/C30H24N2O3/c1-20(21-10-3-2-4-11-21)31-29(33)19-35-30(34)26-18-28(32-27-17-8-7-15-25(26)27)24-16-9-13-22-12-5-6-14-23(22)24/h2-18,20H,19H2,1H3,(H,31,33)/t20-/m1/s1. The van der Waals surface area contributed by atoms with Crippen molar-refractivity contribution in [1.82, 2.24) is 10.3 Å². The van der Waals surface area contributed by atoms with Gasteiger partial charge in [0.1, 0.15) is 0 Å². The average molecular weight is 461 g/mol. The lowest BCUT2D eigenvalue weighted by Crippen LogP contribution is -2.31. The number of pyridine rings is 1. The van der Waals surface area contributed by atoms with Gasteiger partial charge in [-0.15, -0.1) is 0 Å². The summed E-state index contributed by atoms with van der Waals surface area (Å²) in [6.07, 6.45) is 0. The molecule has 1 amide bonds. The molecule has 172 valence electrons. The highest BCUT2D eigenvalue weighted by Crippen LogP contribution is 2.30. The lowest BCUT2D eigenvalue weighted by Gasteiger charge is -2.15. The number of para-hydroxylation sites is 1. The molecule has 0 bridgehead atoms. The van der Waals surface area contributed by atoms with Gasteiger partial charge in [-0.25, -0.2) is 9.78 Å². The molecular formula is C30H24N2O3. The van der Waals surface area contributed by atoms with Crippen LogP contribution < -0.4 is 5.32 Å². The summed E-state index contributed by atoms with van der Waals surface area (Å²) < 4.78 is 5.43. The third kappa shape index (κ3) is 4.75. The predicted molar refractivity (Wildman–Crippen MR) is 138 cm³/mol. The van der Waals surface area contributed by atoms with Crippen LogP contribution in [0.1, 0.15) is 28.9 Å². The Morgan fingerprint density at radius 3 is 2.34 bits per heavy atom. The topological polar surface area (TPSA) is 68.3 Å². The van der Waals surface area contributed by atoms with Crippen molar-refractivity contribution in [1.29, 1.82) is 0 Å². The number of rotatable bonds is 6. The lowest BCUT2D eigenvalue weighted by molar-refractivity contribution is -0.124. The first-order chi connectivity index (χ1) is 17.1. The van der Waals surface area contributed by atoms with E-state index in [-0.39, 0.29) is 18.6 Å². The van der Waals surface area contributed by atoms with Crippen molar-refractivity contribution in [2.24, 2.45) is 0 Å². The van der Waals surface area contributed by atoms with Gasteiger partial charge in [-0.2, -0.15) is 0 Å². The van der Waals surface area contributed by atoms with Gasteiger partial charge in [-0.1, -0.05) is 91.0 Å². The van der Waals surface area contributed by atoms with Gasteiger partial charge in [0.2, 0.25) is 0 Å². The number of amides is 1. The van der Waals surface area contributed by atoms with Gasteiger partial charge in [-0.3, -0.25) is 4.79 Å². The maximum atomic E-state index is 13.1. The Morgan fingerprint density at radius 1 is 0.829 bits per heavy atom. The van der Waals surface area contributed by atoms with Crippen LogP contribution in [-0.2, 0) is 9.53 Å². The summed E-state index contributed by atoms with van der Waals surface area (Å²) in [7, 11) is 0. The zero-order valence-corrected chi connectivity index (χ0v) is 19.3. The number of nitrogens with zero attached hydrogens (tertiary/aromatic N) is 1. The Hall–Kier alpha value is -4.51. The summed E-state index contributed by atoms with van der Waals surface area (Å²) in [5.74, 6) is -0.921. The number of aromatic nitrogens is 1. The van der Waals surface area contributed by atoms with Gasteiger partial charge in [0.25, 0.3) is 5.91 Å². The Morgan fingerprint density at radius 2 is 1.51 bits per heavy atom. The molecule has 1 atom stereocenters. The largest absolute Gasteiger partial charge is 0.452 e. The summed E-state index contributed by atoms with van der Waals surface area (Å²) in [5, 5.41) is 5.69.